The van der Waals surface area contributed by atoms with Gasteiger partial charge in [-0.2, -0.15) is 13.2 Å². The predicted molar refractivity (Wildman–Crippen MR) is 46.0 cm³/mol. The molecule has 0 amide bonds. The summed E-state index contributed by atoms with van der Waals surface area (Å²) in [4.78, 5) is 10.4. The Kier molecular flexibility index (Phi) is 3.18. The maximum absolute atomic E-state index is 13.3. The van der Waals surface area contributed by atoms with E-state index >= 15 is 0 Å². The Morgan fingerprint density at radius 3 is 2.38 bits per heavy atom. The van der Waals surface area contributed by atoms with E-state index in [1.807, 2.05) is 0 Å². The SMILES string of the molecule is N[C@H](C(=O)O)c1cccc(C(F)(F)F)c1F. The van der Waals surface area contributed by atoms with Crippen molar-refractivity contribution in [2.45, 2.75) is 12.2 Å². The summed E-state index contributed by atoms with van der Waals surface area (Å²) >= 11 is 0. The van der Waals surface area contributed by atoms with Crippen molar-refractivity contribution in [3.63, 3.8) is 0 Å². The number of rotatable bonds is 2. The van der Waals surface area contributed by atoms with Crippen molar-refractivity contribution in [2.24, 2.45) is 5.73 Å². The molecule has 0 spiro atoms. The zero-order valence-corrected chi connectivity index (χ0v) is 7.75. The topological polar surface area (TPSA) is 63.3 Å². The smallest absolute Gasteiger partial charge is 0.419 e. The van der Waals surface area contributed by atoms with Crippen molar-refractivity contribution in [2.75, 3.05) is 0 Å². The molecule has 0 fully saturated rings. The largest absolute Gasteiger partial charge is 0.480 e. The molecule has 0 aliphatic rings. The van der Waals surface area contributed by atoms with Crippen molar-refractivity contribution in [1.29, 1.82) is 0 Å². The number of carbonyl (C=O) groups is 1. The van der Waals surface area contributed by atoms with Crippen molar-refractivity contribution in [1.82, 2.24) is 0 Å². The zero-order valence-electron chi connectivity index (χ0n) is 7.75. The van der Waals surface area contributed by atoms with E-state index in [1.54, 1.807) is 0 Å². The number of hydrogen-bond acceptors (Lipinski definition) is 2. The van der Waals surface area contributed by atoms with Gasteiger partial charge in [-0.3, -0.25) is 4.79 Å². The molecule has 0 aliphatic carbocycles. The first kappa shape index (κ1) is 12.4. The van der Waals surface area contributed by atoms with Crippen molar-refractivity contribution in [3.8, 4) is 0 Å². The molecule has 0 saturated carbocycles. The highest BCUT2D eigenvalue weighted by molar-refractivity contribution is 5.75. The number of benzene rings is 1. The lowest BCUT2D eigenvalue weighted by atomic mass is 10.0. The van der Waals surface area contributed by atoms with Gasteiger partial charge < -0.3 is 10.8 Å². The van der Waals surface area contributed by atoms with Gasteiger partial charge in [-0.05, 0) is 6.07 Å². The lowest BCUT2D eigenvalue weighted by Gasteiger charge is -2.13. The average Bonchev–Trinajstić information content (AvgIpc) is 2.15. The summed E-state index contributed by atoms with van der Waals surface area (Å²) in [5.41, 5.74) is 2.83. The molecule has 1 rings (SSSR count). The molecular weight excluding hydrogens is 230 g/mol. The van der Waals surface area contributed by atoms with E-state index in [9.17, 15) is 22.4 Å². The summed E-state index contributed by atoms with van der Waals surface area (Å²) in [6.45, 7) is 0. The average molecular weight is 237 g/mol. The van der Waals surface area contributed by atoms with E-state index in [2.05, 4.69) is 0 Å². The first-order valence-corrected chi connectivity index (χ1v) is 4.09. The molecule has 88 valence electrons. The molecule has 1 atom stereocenters. The number of hydrogen-bond donors (Lipinski definition) is 2. The van der Waals surface area contributed by atoms with Crippen LogP contribution >= 0.6 is 0 Å². The van der Waals surface area contributed by atoms with Gasteiger partial charge in [0.05, 0.1) is 5.56 Å². The van der Waals surface area contributed by atoms with E-state index in [0.29, 0.717) is 6.07 Å². The Labute approximate surface area is 87.5 Å². The maximum Gasteiger partial charge on any atom is 0.419 e. The quantitative estimate of drug-likeness (QED) is 0.772. The van der Waals surface area contributed by atoms with E-state index in [-0.39, 0.29) is 0 Å². The lowest BCUT2D eigenvalue weighted by molar-refractivity contribution is -0.141. The molecule has 7 heteroatoms. The zero-order chi connectivity index (χ0) is 12.5. The van der Waals surface area contributed by atoms with Crippen LogP contribution in [-0.4, -0.2) is 11.1 Å². The van der Waals surface area contributed by atoms with Crippen LogP contribution in [0.5, 0.6) is 0 Å². The van der Waals surface area contributed by atoms with Gasteiger partial charge in [0.15, 0.2) is 0 Å². The van der Waals surface area contributed by atoms with E-state index in [4.69, 9.17) is 10.8 Å². The van der Waals surface area contributed by atoms with Crippen LogP contribution in [0.15, 0.2) is 18.2 Å². The van der Waals surface area contributed by atoms with Crippen LogP contribution < -0.4 is 5.73 Å². The van der Waals surface area contributed by atoms with Gasteiger partial charge in [0.2, 0.25) is 0 Å². The summed E-state index contributed by atoms with van der Waals surface area (Å²) < 4.78 is 50.1. The molecule has 3 nitrogen and oxygen atoms in total. The van der Waals surface area contributed by atoms with Gasteiger partial charge in [-0.15, -0.1) is 0 Å². The highest BCUT2D eigenvalue weighted by Crippen LogP contribution is 2.33. The van der Waals surface area contributed by atoms with Crippen molar-refractivity contribution in [3.05, 3.63) is 35.1 Å². The van der Waals surface area contributed by atoms with Crippen LogP contribution in [-0.2, 0) is 11.0 Å². The third-order valence-corrected chi connectivity index (χ3v) is 1.94. The van der Waals surface area contributed by atoms with E-state index in [0.717, 1.165) is 12.1 Å². The van der Waals surface area contributed by atoms with Crippen molar-refractivity contribution >= 4 is 5.97 Å². The summed E-state index contributed by atoms with van der Waals surface area (Å²) in [5, 5.41) is 8.48. The Balaban J connectivity index is 3.30. The lowest BCUT2D eigenvalue weighted by Crippen LogP contribution is -2.23. The first-order chi connectivity index (χ1) is 7.25. The number of halogens is 4. The minimum Gasteiger partial charge on any atom is -0.480 e. The van der Waals surface area contributed by atoms with Gasteiger partial charge in [-0.25, -0.2) is 4.39 Å². The molecule has 1 aromatic carbocycles. The fraction of sp³-hybridized carbons (Fsp3) is 0.222. The molecule has 0 aliphatic heterocycles. The second-order valence-electron chi connectivity index (χ2n) is 3.02. The fourth-order valence-corrected chi connectivity index (χ4v) is 1.14. The third kappa shape index (κ3) is 2.30. The maximum atomic E-state index is 13.3. The summed E-state index contributed by atoms with van der Waals surface area (Å²) in [6.07, 6.45) is -4.88. The second kappa shape index (κ2) is 4.09. The number of alkyl halides is 3. The number of carboxylic acids is 1. The van der Waals surface area contributed by atoms with Crippen LogP contribution in [0.25, 0.3) is 0 Å². The normalized spacial score (nSPS) is 13.6. The molecule has 16 heavy (non-hydrogen) atoms. The van der Waals surface area contributed by atoms with Crippen LogP contribution in [0.4, 0.5) is 17.6 Å². The van der Waals surface area contributed by atoms with Gasteiger partial charge in [0.25, 0.3) is 0 Å². The van der Waals surface area contributed by atoms with Gasteiger partial charge >= 0.3 is 12.1 Å². The third-order valence-electron chi connectivity index (χ3n) is 1.94. The van der Waals surface area contributed by atoms with Crippen LogP contribution in [0.2, 0.25) is 0 Å². The minimum absolute atomic E-state index is 0.521. The van der Waals surface area contributed by atoms with Crippen molar-refractivity contribution < 1.29 is 27.5 Å². The fourth-order valence-electron chi connectivity index (χ4n) is 1.14. The predicted octanol–water partition coefficient (Wildman–Crippen LogP) is 1.93. The monoisotopic (exact) mass is 237 g/mol. The van der Waals surface area contributed by atoms with Crippen LogP contribution in [0.3, 0.4) is 0 Å². The standard InChI is InChI=1S/C9H7F4NO2/c10-6-4(7(14)8(15)16)2-1-3-5(6)9(11,12)13/h1-3,7H,14H2,(H,15,16)/t7-/m0/s1. The summed E-state index contributed by atoms with van der Waals surface area (Å²) in [7, 11) is 0. The molecule has 0 saturated heterocycles. The number of nitrogens with two attached hydrogens (primary N) is 1. The molecule has 3 N–H and O–H groups in total. The molecule has 0 bridgehead atoms. The summed E-state index contributed by atoms with van der Waals surface area (Å²) in [5.74, 6) is -3.25. The highest BCUT2D eigenvalue weighted by Gasteiger charge is 2.36. The molecule has 0 heterocycles. The van der Waals surface area contributed by atoms with Gasteiger partial charge in [-0.1, -0.05) is 12.1 Å². The Hall–Kier alpha value is -1.63. The minimum atomic E-state index is -4.88. The van der Waals surface area contributed by atoms with E-state index < -0.39 is 35.1 Å². The number of carboxylic acid groups (broad SMARTS) is 1. The Morgan fingerprint density at radius 2 is 1.94 bits per heavy atom. The Bertz CT molecular complexity index is 416. The second-order valence-corrected chi connectivity index (χ2v) is 3.02. The highest BCUT2D eigenvalue weighted by atomic mass is 19.4. The number of aliphatic carboxylic acids is 1. The Morgan fingerprint density at radius 1 is 1.38 bits per heavy atom. The summed E-state index contributed by atoms with van der Waals surface area (Å²) in [6, 6.07) is 0.517. The first-order valence-electron chi connectivity index (χ1n) is 4.09. The molecule has 1 aromatic rings. The van der Waals surface area contributed by atoms with Crippen LogP contribution in [0.1, 0.15) is 17.2 Å². The van der Waals surface area contributed by atoms with Gasteiger partial charge in [0, 0.05) is 5.56 Å². The van der Waals surface area contributed by atoms with Gasteiger partial charge in [0.1, 0.15) is 11.9 Å². The molecule has 0 unspecified atom stereocenters. The van der Waals surface area contributed by atoms with E-state index in [1.165, 1.54) is 0 Å². The molecule has 0 aromatic heterocycles. The van der Waals surface area contributed by atoms with Crippen LogP contribution in [0, 0.1) is 5.82 Å². The molecule has 0 radical (unpaired) electrons. The molecular formula is C9H7F4NO2.